The molecule has 136 valence electrons. The Labute approximate surface area is 153 Å². The third-order valence-corrected chi connectivity index (χ3v) is 6.69. The molecule has 1 aromatic carbocycles. The van der Waals surface area contributed by atoms with E-state index >= 15 is 0 Å². The van der Waals surface area contributed by atoms with Crippen molar-refractivity contribution in [3.05, 3.63) is 36.0 Å². The minimum absolute atomic E-state index is 0.133. The van der Waals surface area contributed by atoms with Gasteiger partial charge < -0.3 is 9.29 Å². The summed E-state index contributed by atoms with van der Waals surface area (Å²) in [4.78, 5) is 4.55. The lowest BCUT2D eigenvalue weighted by molar-refractivity contribution is 0.299. The molecule has 0 saturated heterocycles. The molecule has 0 radical (unpaired) electrons. The molecule has 5 heteroatoms. The minimum Gasteiger partial charge on any atom is -0.597 e. The van der Waals surface area contributed by atoms with Gasteiger partial charge in [-0.3, -0.25) is 0 Å². The lowest BCUT2D eigenvalue weighted by Gasteiger charge is -2.37. The lowest BCUT2D eigenvalue weighted by atomic mass is 9.98. The highest BCUT2D eigenvalue weighted by atomic mass is 32.2. The van der Waals surface area contributed by atoms with E-state index in [1.807, 2.05) is 45.2 Å². The van der Waals surface area contributed by atoms with Crippen molar-refractivity contribution in [2.24, 2.45) is 5.92 Å². The van der Waals surface area contributed by atoms with Crippen molar-refractivity contribution in [2.75, 3.05) is 13.7 Å². The maximum absolute atomic E-state index is 13.2. The summed E-state index contributed by atoms with van der Waals surface area (Å²) >= 11 is -1.06. The van der Waals surface area contributed by atoms with Crippen LogP contribution < -0.4 is 4.74 Å². The fourth-order valence-electron chi connectivity index (χ4n) is 3.41. The summed E-state index contributed by atoms with van der Waals surface area (Å²) < 4.78 is 20.5. The van der Waals surface area contributed by atoms with Crippen molar-refractivity contribution >= 4 is 22.1 Å². The zero-order valence-electron chi connectivity index (χ0n) is 15.8. The van der Waals surface area contributed by atoms with E-state index in [1.165, 1.54) is 18.4 Å². The second-order valence-corrected chi connectivity index (χ2v) is 9.84. The number of hydrogen-bond donors (Lipinski definition) is 0. The number of ether oxygens (including phenoxy) is 1. The molecule has 25 heavy (non-hydrogen) atoms. The van der Waals surface area contributed by atoms with Gasteiger partial charge in [0, 0.05) is 35.1 Å². The van der Waals surface area contributed by atoms with Gasteiger partial charge in [-0.2, -0.15) is 0 Å². The summed E-state index contributed by atoms with van der Waals surface area (Å²) in [7, 11) is 1.65. The lowest BCUT2D eigenvalue weighted by Crippen LogP contribution is -2.45. The molecule has 1 aliphatic carbocycles. The summed E-state index contributed by atoms with van der Waals surface area (Å²) in [6, 6.07) is 8.36. The van der Waals surface area contributed by atoms with E-state index in [0.29, 0.717) is 11.8 Å². The number of methoxy groups -OCH3 is 1. The van der Waals surface area contributed by atoms with Gasteiger partial charge in [-0.1, -0.05) is 18.2 Å². The molecule has 3 rings (SSSR count). The van der Waals surface area contributed by atoms with Crippen molar-refractivity contribution < 1.29 is 9.29 Å². The van der Waals surface area contributed by atoms with E-state index < -0.39 is 11.4 Å². The average Bonchev–Trinajstić information content (AvgIpc) is 3.42. The van der Waals surface area contributed by atoms with E-state index in [4.69, 9.17) is 4.74 Å². The largest absolute Gasteiger partial charge is 0.597 e. The quantitative estimate of drug-likeness (QED) is 0.713. The highest BCUT2D eigenvalue weighted by Crippen LogP contribution is 2.48. The highest BCUT2D eigenvalue weighted by Gasteiger charge is 2.45. The van der Waals surface area contributed by atoms with Crippen molar-refractivity contribution in [2.45, 2.75) is 51.3 Å². The molecule has 1 unspecified atom stereocenters. The maximum atomic E-state index is 13.2. The SMILES string of the molecule is CCN([C@@H](c1cnc(OC)c2ccccc12)C1CC1)[S+]([O-])C(C)(C)C. The number of hydrogen-bond acceptors (Lipinski definition) is 4. The first-order valence-corrected chi connectivity index (χ1v) is 10.1. The van der Waals surface area contributed by atoms with Crippen LogP contribution in [0.2, 0.25) is 0 Å². The van der Waals surface area contributed by atoms with E-state index in [9.17, 15) is 4.55 Å². The van der Waals surface area contributed by atoms with E-state index in [1.54, 1.807) is 7.11 Å². The number of rotatable bonds is 6. The third-order valence-electron chi connectivity index (χ3n) is 4.73. The Morgan fingerprint density at radius 1 is 1.28 bits per heavy atom. The van der Waals surface area contributed by atoms with Crippen LogP contribution in [0, 0.1) is 5.92 Å². The van der Waals surface area contributed by atoms with E-state index in [-0.39, 0.29) is 10.8 Å². The van der Waals surface area contributed by atoms with Crippen molar-refractivity contribution in [3.63, 3.8) is 0 Å². The maximum Gasteiger partial charge on any atom is 0.221 e. The summed E-state index contributed by atoms with van der Waals surface area (Å²) in [6.07, 6.45) is 4.29. The van der Waals surface area contributed by atoms with E-state index in [2.05, 4.69) is 22.3 Å². The first-order chi connectivity index (χ1) is 11.9. The number of nitrogens with zero attached hydrogens (tertiary/aromatic N) is 2. The first-order valence-electron chi connectivity index (χ1n) is 8.98. The normalized spacial score (nSPS) is 17.7. The van der Waals surface area contributed by atoms with Gasteiger partial charge in [0.15, 0.2) is 0 Å². The Morgan fingerprint density at radius 2 is 1.92 bits per heavy atom. The summed E-state index contributed by atoms with van der Waals surface area (Å²) in [5.74, 6) is 1.19. The van der Waals surface area contributed by atoms with Crippen LogP contribution >= 0.6 is 0 Å². The molecular weight excluding hydrogens is 332 g/mol. The van der Waals surface area contributed by atoms with Crippen LogP contribution in [0.5, 0.6) is 5.88 Å². The molecule has 0 spiro atoms. The molecule has 2 aromatic rings. The molecule has 1 fully saturated rings. The monoisotopic (exact) mass is 360 g/mol. The average molecular weight is 361 g/mol. The second kappa shape index (κ2) is 7.14. The van der Waals surface area contributed by atoms with Gasteiger partial charge in [-0.25, -0.2) is 4.98 Å². The van der Waals surface area contributed by atoms with Gasteiger partial charge in [0.05, 0.1) is 13.2 Å². The van der Waals surface area contributed by atoms with Gasteiger partial charge in [0.2, 0.25) is 5.88 Å². The van der Waals surface area contributed by atoms with Crippen LogP contribution in [0.4, 0.5) is 0 Å². The fourth-order valence-corrected chi connectivity index (χ4v) is 4.84. The topological polar surface area (TPSA) is 48.4 Å². The molecule has 0 amide bonds. The smallest absolute Gasteiger partial charge is 0.221 e. The summed E-state index contributed by atoms with van der Waals surface area (Å²) in [6.45, 7) is 8.98. The predicted molar refractivity (Wildman–Crippen MR) is 104 cm³/mol. The molecule has 0 aliphatic heterocycles. The van der Waals surface area contributed by atoms with Crippen molar-refractivity contribution in [1.82, 2.24) is 9.29 Å². The zero-order chi connectivity index (χ0) is 18.2. The molecule has 2 atom stereocenters. The Kier molecular flexibility index (Phi) is 5.28. The zero-order valence-corrected chi connectivity index (χ0v) is 16.6. The molecule has 1 aliphatic rings. The van der Waals surface area contributed by atoms with Crippen LogP contribution in [-0.4, -0.2) is 32.2 Å². The molecule has 0 N–H and O–H groups in total. The van der Waals surface area contributed by atoms with Gasteiger partial charge >= 0.3 is 0 Å². The van der Waals surface area contributed by atoms with Crippen LogP contribution in [0.3, 0.4) is 0 Å². The van der Waals surface area contributed by atoms with Crippen molar-refractivity contribution in [1.29, 1.82) is 0 Å². The Bertz CT molecular complexity index is 740. The van der Waals surface area contributed by atoms with E-state index in [0.717, 1.165) is 17.3 Å². The standard InChI is InChI=1S/C20H28N2O2S/c1-6-22(25(23)20(2,3)4)18(14-11-12-14)17-13-21-19(24-5)16-10-8-7-9-15(16)17/h7-10,13-14,18H,6,11-12H2,1-5H3/t18-,25?/m1/s1. The molecular formula is C20H28N2O2S. The minimum atomic E-state index is -1.06. The molecule has 4 nitrogen and oxygen atoms in total. The van der Waals surface area contributed by atoms with Crippen LogP contribution in [0.25, 0.3) is 10.8 Å². The van der Waals surface area contributed by atoms with Crippen LogP contribution in [0.15, 0.2) is 30.5 Å². The predicted octanol–water partition coefficient (Wildman–Crippen LogP) is 4.48. The number of aromatic nitrogens is 1. The number of benzene rings is 1. The number of pyridine rings is 1. The summed E-state index contributed by atoms with van der Waals surface area (Å²) in [5, 5.41) is 2.17. The summed E-state index contributed by atoms with van der Waals surface area (Å²) in [5.41, 5.74) is 1.17. The molecule has 1 saturated carbocycles. The second-order valence-electron chi connectivity index (χ2n) is 7.65. The fraction of sp³-hybridized carbons (Fsp3) is 0.550. The Hall–Kier alpha value is -1.30. The first kappa shape index (κ1) is 18.5. The van der Waals surface area contributed by atoms with Gasteiger partial charge in [-0.05, 0) is 57.9 Å². The molecule has 0 bridgehead atoms. The van der Waals surface area contributed by atoms with Crippen LogP contribution in [-0.2, 0) is 11.4 Å². The van der Waals surface area contributed by atoms with Gasteiger partial charge in [0.1, 0.15) is 4.75 Å². The Morgan fingerprint density at radius 3 is 2.44 bits per heavy atom. The van der Waals surface area contributed by atoms with Crippen LogP contribution in [0.1, 0.15) is 52.1 Å². The molecule has 1 aromatic heterocycles. The Balaban J connectivity index is 2.12. The number of fused-ring (bicyclic) bond motifs is 1. The third kappa shape index (κ3) is 3.64. The molecule has 1 heterocycles. The van der Waals surface area contributed by atoms with Gasteiger partial charge in [0.25, 0.3) is 0 Å². The van der Waals surface area contributed by atoms with Gasteiger partial charge in [-0.15, -0.1) is 4.31 Å². The highest BCUT2D eigenvalue weighted by molar-refractivity contribution is 7.90. The van der Waals surface area contributed by atoms with Crippen molar-refractivity contribution in [3.8, 4) is 5.88 Å².